The van der Waals surface area contributed by atoms with Gasteiger partial charge in [-0.05, 0) is 18.8 Å². The Morgan fingerprint density at radius 3 is 2.94 bits per heavy atom. The lowest BCUT2D eigenvalue weighted by Gasteiger charge is -2.18. The first kappa shape index (κ1) is 10.3. The number of halogens is 1. The van der Waals surface area contributed by atoms with Crippen LogP contribution < -0.4 is 4.90 Å². The summed E-state index contributed by atoms with van der Waals surface area (Å²) in [4.78, 5) is 10.5. The fourth-order valence-corrected chi connectivity index (χ4v) is 3.05. The molecule has 0 amide bonds. The summed E-state index contributed by atoms with van der Waals surface area (Å²) in [5.41, 5.74) is 0. The molecule has 0 aromatic carbocycles. The predicted octanol–water partition coefficient (Wildman–Crippen LogP) is 1.34. The monoisotopic (exact) mass is 239 g/mol. The van der Waals surface area contributed by atoms with Crippen LogP contribution in [0.15, 0.2) is 12.4 Å². The number of aliphatic hydroxyl groups excluding tert-OH is 1. The third-order valence-electron chi connectivity index (χ3n) is 3.74. The van der Waals surface area contributed by atoms with Crippen LogP contribution in [0.3, 0.4) is 0 Å². The number of hydrogen-bond donors (Lipinski definition) is 1. The van der Waals surface area contributed by atoms with Gasteiger partial charge in [-0.1, -0.05) is 11.6 Å². The highest BCUT2D eigenvalue weighted by atomic mass is 35.5. The van der Waals surface area contributed by atoms with E-state index >= 15 is 0 Å². The van der Waals surface area contributed by atoms with Crippen molar-refractivity contribution in [3.05, 3.63) is 17.5 Å². The van der Waals surface area contributed by atoms with E-state index in [0.717, 1.165) is 31.7 Å². The van der Waals surface area contributed by atoms with Gasteiger partial charge in [0.2, 0.25) is 0 Å². The molecule has 0 spiro atoms. The number of rotatable bonds is 1. The van der Waals surface area contributed by atoms with E-state index in [0.29, 0.717) is 17.0 Å². The zero-order valence-corrected chi connectivity index (χ0v) is 9.64. The summed E-state index contributed by atoms with van der Waals surface area (Å²) in [6, 6.07) is 0. The molecular weight excluding hydrogens is 226 g/mol. The number of nitrogens with zero attached hydrogens (tertiary/aromatic N) is 3. The summed E-state index contributed by atoms with van der Waals surface area (Å²) in [5, 5.41) is 10.3. The molecule has 3 atom stereocenters. The highest BCUT2D eigenvalue weighted by Gasteiger charge is 2.42. The number of hydrogen-bond acceptors (Lipinski definition) is 4. The molecule has 3 rings (SSSR count). The SMILES string of the molecule is OC1CCC2CN(c3cncc(Cl)n3)CC12. The van der Waals surface area contributed by atoms with Gasteiger partial charge in [0, 0.05) is 19.0 Å². The van der Waals surface area contributed by atoms with E-state index in [1.807, 2.05) is 0 Å². The van der Waals surface area contributed by atoms with Crippen molar-refractivity contribution in [1.82, 2.24) is 9.97 Å². The number of fused-ring (bicyclic) bond motifs is 1. The summed E-state index contributed by atoms with van der Waals surface area (Å²) in [6.45, 7) is 1.84. The molecule has 1 saturated heterocycles. The van der Waals surface area contributed by atoms with Crippen LogP contribution in [0, 0.1) is 11.8 Å². The van der Waals surface area contributed by atoms with Crippen LogP contribution >= 0.6 is 11.6 Å². The van der Waals surface area contributed by atoms with Gasteiger partial charge in [-0.25, -0.2) is 4.98 Å². The van der Waals surface area contributed by atoms with Crippen molar-refractivity contribution in [2.75, 3.05) is 18.0 Å². The van der Waals surface area contributed by atoms with Crippen molar-refractivity contribution in [1.29, 1.82) is 0 Å². The van der Waals surface area contributed by atoms with Crippen molar-refractivity contribution in [3.8, 4) is 0 Å². The molecule has 1 aliphatic carbocycles. The fraction of sp³-hybridized carbons (Fsp3) is 0.636. The molecule has 5 heteroatoms. The Balaban J connectivity index is 1.79. The van der Waals surface area contributed by atoms with Crippen molar-refractivity contribution in [2.45, 2.75) is 18.9 Å². The highest BCUT2D eigenvalue weighted by molar-refractivity contribution is 6.29. The van der Waals surface area contributed by atoms with Crippen molar-refractivity contribution < 1.29 is 5.11 Å². The highest BCUT2D eigenvalue weighted by Crippen LogP contribution is 2.39. The summed E-state index contributed by atoms with van der Waals surface area (Å²) in [6.07, 6.45) is 5.21. The van der Waals surface area contributed by atoms with E-state index in [1.165, 1.54) is 6.20 Å². The van der Waals surface area contributed by atoms with Gasteiger partial charge in [0.15, 0.2) is 0 Å². The van der Waals surface area contributed by atoms with Gasteiger partial charge in [-0.15, -0.1) is 0 Å². The Kier molecular flexibility index (Phi) is 2.48. The molecule has 1 aromatic rings. The standard InChI is InChI=1S/C11H14ClN3O/c12-10-3-13-4-11(14-10)15-5-7-1-2-9(16)8(7)6-15/h3-4,7-9,16H,1-2,5-6H2. The zero-order valence-electron chi connectivity index (χ0n) is 8.88. The number of aliphatic hydroxyl groups is 1. The minimum absolute atomic E-state index is 0.137. The van der Waals surface area contributed by atoms with E-state index in [9.17, 15) is 5.11 Å². The van der Waals surface area contributed by atoms with Crippen LogP contribution in [0.2, 0.25) is 5.15 Å². The number of anilines is 1. The normalized spacial score (nSPS) is 33.1. The van der Waals surface area contributed by atoms with Gasteiger partial charge in [-0.2, -0.15) is 0 Å². The van der Waals surface area contributed by atoms with E-state index in [-0.39, 0.29) is 6.10 Å². The molecule has 16 heavy (non-hydrogen) atoms. The molecule has 2 aliphatic rings. The smallest absolute Gasteiger partial charge is 0.149 e. The Morgan fingerprint density at radius 1 is 1.31 bits per heavy atom. The molecule has 4 nitrogen and oxygen atoms in total. The molecular formula is C11H14ClN3O. The average Bonchev–Trinajstić information content (AvgIpc) is 2.81. The van der Waals surface area contributed by atoms with E-state index in [2.05, 4.69) is 14.9 Å². The Morgan fingerprint density at radius 2 is 2.19 bits per heavy atom. The van der Waals surface area contributed by atoms with Crippen molar-refractivity contribution in [2.24, 2.45) is 11.8 Å². The van der Waals surface area contributed by atoms with Gasteiger partial charge in [0.1, 0.15) is 11.0 Å². The average molecular weight is 240 g/mol. The third kappa shape index (κ3) is 1.66. The second-order valence-corrected chi connectivity index (χ2v) is 5.06. The van der Waals surface area contributed by atoms with Crippen LogP contribution in [0.5, 0.6) is 0 Å². The van der Waals surface area contributed by atoms with Crippen LogP contribution in [-0.4, -0.2) is 34.3 Å². The molecule has 1 aromatic heterocycles. The maximum atomic E-state index is 9.83. The van der Waals surface area contributed by atoms with Gasteiger partial charge in [0.25, 0.3) is 0 Å². The van der Waals surface area contributed by atoms with Crippen LogP contribution in [0.25, 0.3) is 0 Å². The summed E-state index contributed by atoms with van der Waals surface area (Å²) in [5.74, 6) is 1.84. The summed E-state index contributed by atoms with van der Waals surface area (Å²) >= 11 is 5.82. The maximum Gasteiger partial charge on any atom is 0.149 e. The first-order valence-corrected chi connectivity index (χ1v) is 6.02. The largest absolute Gasteiger partial charge is 0.393 e. The minimum Gasteiger partial charge on any atom is -0.393 e. The Hall–Kier alpha value is -0.870. The van der Waals surface area contributed by atoms with Crippen LogP contribution in [0.4, 0.5) is 5.82 Å². The fourth-order valence-electron chi connectivity index (χ4n) is 2.91. The molecule has 1 saturated carbocycles. The molecule has 0 bridgehead atoms. The second-order valence-electron chi connectivity index (χ2n) is 4.67. The summed E-state index contributed by atoms with van der Waals surface area (Å²) < 4.78 is 0. The molecule has 2 heterocycles. The van der Waals surface area contributed by atoms with Gasteiger partial charge < -0.3 is 10.0 Å². The number of aromatic nitrogens is 2. The molecule has 0 radical (unpaired) electrons. The lowest BCUT2D eigenvalue weighted by Crippen LogP contribution is -2.25. The first-order chi connectivity index (χ1) is 7.74. The Bertz CT molecular complexity index is 401. The van der Waals surface area contributed by atoms with E-state index < -0.39 is 0 Å². The molecule has 1 N–H and O–H groups in total. The first-order valence-electron chi connectivity index (χ1n) is 5.64. The van der Waals surface area contributed by atoms with Gasteiger partial charge >= 0.3 is 0 Å². The second kappa shape index (κ2) is 3.86. The molecule has 86 valence electrons. The minimum atomic E-state index is -0.137. The molecule has 2 fully saturated rings. The van der Waals surface area contributed by atoms with Crippen molar-refractivity contribution in [3.63, 3.8) is 0 Å². The molecule has 3 unspecified atom stereocenters. The van der Waals surface area contributed by atoms with Crippen LogP contribution in [-0.2, 0) is 0 Å². The van der Waals surface area contributed by atoms with E-state index in [4.69, 9.17) is 11.6 Å². The quantitative estimate of drug-likeness (QED) is 0.804. The maximum absolute atomic E-state index is 9.83. The lowest BCUT2D eigenvalue weighted by molar-refractivity contribution is 0.133. The predicted molar refractivity (Wildman–Crippen MR) is 61.5 cm³/mol. The Labute approximate surface area is 99.3 Å². The zero-order chi connectivity index (χ0) is 11.1. The van der Waals surface area contributed by atoms with E-state index in [1.54, 1.807) is 6.20 Å². The summed E-state index contributed by atoms with van der Waals surface area (Å²) in [7, 11) is 0. The van der Waals surface area contributed by atoms with Gasteiger partial charge in [-0.3, -0.25) is 4.98 Å². The van der Waals surface area contributed by atoms with Gasteiger partial charge in [0.05, 0.1) is 18.5 Å². The third-order valence-corrected chi connectivity index (χ3v) is 3.92. The molecule has 1 aliphatic heterocycles. The lowest BCUT2D eigenvalue weighted by atomic mass is 10.00. The van der Waals surface area contributed by atoms with Crippen molar-refractivity contribution >= 4 is 17.4 Å². The topological polar surface area (TPSA) is 49.2 Å². The van der Waals surface area contributed by atoms with Crippen LogP contribution in [0.1, 0.15) is 12.8 Å².